The van der Waals surface area contributed by atoms with Crippen LogP contribution in [0.2, 0.25) is 0 Å². The third kappa shape index (κ3) is 2.20. The van der Waals surface area contributed by atoms with Crippen molar-refractivity contribution >= 4 is 16.6 Å². The standard InChI is InChI=1S/C16H17N3O/c1-12-10-18(15-5-3-2-4-14(12)15)8-9-19-11-13(17)6-7-16(19)20/h2-7,10-11H,8-9,17H2,1H3. The van der Waals surface area contributed by atoms with Crippen molar-refractivity contribution in [2.45, 2.75) is 20.0 Å². The predicted molar refractivity (Wildman–Crippen MR) is 81.8 cm³/mol. The Morgan fingerprint density at radius 3 is 2.60 bits per heavy atom. The molecule has 4 heteroatoms. The highest BCUT2D eigenvalue weighted by Crippen LogP contribution is 2.20. The Kier molecular flexibility index (Phi) is 3.06. The number of aromatic nitrogens is 2. The molecule has 3 aromatic rings. The minimum Gasteiger partial charge on any atom is -0.398 e. The first-order valence-corrected chi connectivity index (χ1v) is 6.65. The minimum atomic E-state index is -0.0209. The fourth-order valence-corrected chi connectivity index (χ4v) is 2.56. The zero-order valence-corrected chi connectivity index (χ0v) is 11.4. The molecular formula is C16H17N3O. The van der Waals surface area contributed by atoms with E-state index in [9.17, 15) is 4.79 Å². The van der Waals surface area contributed by atoms with Gasteiger partial charge in [-0.3, -0.25) is 4.79 Å². The van der Waals surface area contributed by atoms with Gasteiger partial charge in [0.15, 0.2) is 0 Å². The molecule has 0 bridgehead atoms. The van der Waals surface area contributed by atoms with Crippen LogP contribution in [0.1, 0.15) is 5.56 Å². The van der Waals surface area contributed by atoms with Crippen molar-refractivity contribution < 1.29 is 0 Å². The molecule has 0 saturated carbocycles. The second-order valence-corrected chi connectivity index (χ2v) is 5.02. The number of aryl methyl sites for hydroxylation is 3. The molecule has 0 atom stereocenters. The first-order chi connectivity index (χ1) is 9.65. The van der Waals surface area contributed by atoms with E-state index in [1.54, 1.807) is 16.8 Å². The van der Waals surface area contributed by atoms with Crippen molar-refractivity contribution in [2.75, 3.05) is 5.73 Å². The van der Waals surface area contributed by atoms with Crippen molar-refractivity contribution in [1.82, 2.24) is 9.13 Å². The Morgan fingerprint density at radius 1 is 1.00 bits per heavy atom. The molecule has 0 spiro atoms. The topological polar surface area (TPSA) is 52.9 Å². The van der Waals surface area contributed by atoms with E-state index in [1.807, 2.05) is 12.1 Å². The van der Waals surface area contributed by atoms with Crippen LogP contribution in [0.25, 0.3) is 10.9 Å². The summed E-state index contributed by atoms with van der Waals surface area (Å²) >= 11 is 0. The molecule has 102 valence electrons. The Bertz CT molecular complexity index is 814. The number of para-hydroxylation sites is 1. The number of anilines is 1. The van der Waals surface area contributed by atoms with E-state index in [0.717, 1.165) is 6.54 Å². The number of rotatable bonds is 3. The summed E-state index contributed by atoms with van der Waals surface area (Å²) in [5, 5.41) is 1.26. The zero-order valence-electron chi connectivity index (χ0n) is 11.4. The van der Waals surface area contributed by atoms with Crippen LogP contribution in [0.3, 0.4) is 0 Å². The monoisotopic (exact) mass is 267 g/mol. The Balaban J connectivity index is 1.91. The van der Waals surface area contributed by atoms with Gasteiger partial charge in [-0.1, -0.05) is 18.2 Å². The smallest absolute Gasteiger partial charge is 0.250 e. The highest BCUT2D eigenvalue weighted by Gasteiger charge is 2.05. The number of nitrogen functional groups attached to an aromatic ring is 1. The van der Waals surface area contributed by atoms with Crippen LogP contribution in [0.5, 0.6) is 0 Å². The van der Waals surface area contributed by atoms with Gasteiger partial charge in [-0.2, -0.15) is 0 Å². The maximum absolute atomic E-state index is 11.8. The molecule has 0 aliphatic heterocycles. The van der Waals surface area contributed by atoms with Crippen molar-refractivity contribution in [1.29, 1.82) is 0 Å². The molecule has 0 unspecified atom stereocenters. The number of nitrogens with two attached hydrogens (primary N) is 1. The summed E-state index contributed by atoms with van der Waals surface area (Å²) in [5.41, 5.74) is 8.76. The summed E-state index contributed by atoms with van der Waals surface area (Å²) in [7, 11) is 0. The molecule has 2 heterocycles. The van der Waals surface area contributed by atoms with Crippen LogP contribution in [0.4, 0.5) is 5.69 Å². The lowest BCUT2D eigenvalue weighted by Crippen LogP contribution is -2.21. The van der Waals surface area contributed by atoms with E-state index in [0.29, 0.717) is 12.2 Å². The molecular weight excluding hydrogens is 250 g/mol. The van der Waals surface area contributed by atoms with Crippen molar-refractivity contribution in [3.8, 4) is 0 Å². The molecule has 0 aliphatic rings. The second kappa shape index (κ2) is 4.89. The molecule has 0 aliphatic carbocycles. The summed E-state index contributed by atoms with van der Waals surface area (Å²) in [6, 6.07) is 11.4. The van der Waals surface area contributed by atoms with Crippen LogP contribution in [0.15, 0.2) is 53.6 Å². The third-order valence-corrected chi connectivity index (χ3v) is 3.58. The van der Waals surface area contributed by atoms with Crippen molar-refractivity contribution in [3.05, 3.63) is 64.7 Å². The van der Waals surface area contributed by atoms with Gasteiger partial charge in [0.2, 0.25) is 0 Å². The van der Waals surface area contributed by atoms with Gasteiger partial charge in [-0.15, -0.1) is 0 Å². The molecule has 2 N–H and O–H groups in total. The first-order valence-electron chi connectivity index (χ1n) is 6.65. The molecule has 4 nitrogen and oxygen atoms in total. The van der Waals surface area contributed by atoms with E-state index in [-0.39, 0.29) is 5.56 Å². The summed E-state index contributed by atoms with van der Waals surface area (Å²) in [6.45, 7) is 3.46. The van der Waals surface area contributed by atoms with E-state index >= 15 is 0 Å². The Morgan fingerprint density at radius 2 is 1.75 bits per heavy atom. The third-order valence-electron chi connectivity index (χ3n) is 3.58. The maximum Gasteiger partial charge on any atom is 0.250 e. The van der Waals surface area contributed by atoms with Crippen molar-refractivity contribution in [3.63, 3.8) is 0 Å². The van der Waals surface area contributed by atoms with Crippen LogP contribution in [0, 0.1) is 6.92 Å². The SMILES string of the molecule is Cc1cn(CCn2cc(N)ccc2=O)c2ccccc12. The lowest BCUT2D eigenvalue weighted by molar-refractivity contribution is 0.577. The van der Waals surface area contributed by atoms with Crippen molar-refractivity contribution in [2.24, 2.45) is 0 Å². The van der Waals surface area contributed by atoms with Gasteiger partial charge in [0, 0.05) is 48.1 Å². The lowest BCUT2D eigenvalue weighted by atomic mass is 10.2. The average Bonchev–Trinajstić information content (AvgIpc) is 2.77. The minimum absolute atomic E-state index is 0.0209. The number of benzene rings is 1. The van der Waals surface area contributed by atoms with Gasteiger partial charge in [-0.25, -0.2) is 0 Å². The number of pyridine rings is 1. The quantitative estimate of drug-likeness (QED) is 0.792. The fourth-order valence-electron chi connectivity index (χ4n) is 2.56. The summed E-state index contributed by atoms with van der Waals surface area (Å²) in [5.74, 6) is 0. The normalized spacial score (nSPS) is 11.1. The fraction of sp³-hybridized carbons (Fsp3) is 0.188. The lowest BCUT2D eigenvalue weighted by Gasteiger charge is -2.08. The van der Waals surface area contributed by atoms with Crippen LogP contribution < -0.4 is 11.3 Å². The van der Waals surface area contributed by atoms with Gasteiger partial charge < -0.3 is 14.9 Å². The van der Waals surface area contributed by atoms with E-state index in [4.69, 9.17) is 5.73 Å². The van der Waals surface area contributed by atoms with E-state index < -0.39 is 0 Å². The molecule has 2 aromatic heterocycles. The second-order valence-electron chi connectivity index (χ2n) is 5.02. The van der Waals surface area contributed by atoms with Crippen LogP contribution in [-0.2, 0) is 13.1 Å². The van der Waals surface area contributed by atoms with Gasteiger partial charge in [0.05, 0.1) is 0 Å². The van der Waals surface area contributed by atoms with Gasteiger partial charge in [0.25, 0.3) is 5.56 Å². The number of nitrogens with zero attached hydrogens (tertiary/aromatic N) is 2. The van der Waals surface area contributed by atoms with Crippen LogP contribution in [-0.4, -0.2) is 9.13 Å². The molecule has 0 amide bonds. The van der Waals surface area contributed by atoms with Gasteiger partial charge in [0.1, 0.15) is 0 Å². The van der Waals surface area contributed by atoms with Gasteiger partial charge in [-0.05, 0) is 24.6 Å². The summed E-state index contributed by atoms with van der Waals surface area (Å²) < 4.78 is 3.83. The average molecular weight is 267 g/mol. The predicted octanol–water partition coefficient (Wildman–Crippen LogP) is 2.39. The molecule has 3 rings (SSSR count). The highest BCUT2D eigenvalue weighted by atomic mass is 16.1. The highest BCUT2D eigenvalue weighted by molar-refractivity contribution is 5.83. The maximum atomic E-state index is 11.8. The summed E-state index contributed by atoms with van der Waals surface area (Å²) in [6.07, 6.45) is 3.82. The Hall–Kier alpha value is -2.49. The molecule has 0 fully saturated rings. The van der Waals surface area contributed by atoms with E-state index in [1.165, 1.54) is 22.5 Å². The van der Waals surface area contributed by atoms with Gasteiger partial charge >= 0.3 is 0 Å². The largest absolute Gasteiger partial charge is 0.398 e. The number of hydrogen-bond donors (Lipinski definition) is 1. The van der Waals surface area contributed by atoms with Crippen LogP contribution >= 0.6 is 0 Å². The Labute approximate surface area is 117 Å². The molecule has 20 heavy (non-hydrogen) atoms. The zero-order chi connectivity index (χ0) is 14.1. The first kappa shape index (κ1) is 12.5. The number of hydrogen-bond acceptors (Lipinski definition) is 2. The molecule has 1 aromatic carbocycles. The molecule has 0 saturated heterocycles. The summed E-state index contributed by atoms with van der Waals surface area (Å²) in [4.78, 5) is 11.8. The van der Waals surface area contributed by atoms with E-state index in [2.05, 4.69) is 29.8 Å². The number of fused-ring (bicyclic) bond motifs is 1. The molecule has 0 radical (unpaired) electrons.